The van der Waals surface area contributed by atoms with E-state index in [1.807, 2.05) is 24.3 Å². The molecule has 0 aliphatic rings. The Kier molecular flexibility index (Phi) is 4.41. The maximum Gasteiger partial charge on any atom is 0.298 e. The lowest BCUT2D eigenvalue weighted by Gasteiger charge is -2.22. The number of phenols is 1. The number of benzene rings is 2. The fourth-order valence-electron chi connectivity index (χ4n) is 2.45. The number of hydrogen-bond acceptors (Lipinski definition) is 3. The molecule has 20 heavy (non-hydrogen) atoms. The van der Waals surface area contributed by atoms with Crippen LogP contribution in [0.5, 0.6) is 11.5 Å². The van der Waals surface area contributed by atoms with Crippen LogP contribution in [-0.2, 0) is 4.79 Å². The summed E-state index contributed by atoms with van der Waals surface area (Å²) < 4.78 is 4.81. The van der Waals surface area contributed by atoms with E-state index in [4.69, 9.17) is 4.74 Å². The molecule has 2 rings (SSSR count). The first-order valence-corrected chi connectivity index (χ1v) is 6.61. The number of carbonyl (C=O) groups is 1. The number of phenolic OH excluding ortho intramolecular Hbond substituents is 1. The third-order valence-corrected chi connectivity index (χ3v) is 3.34. The summed E-state index contributed by atoms with van der Waals surface area (Å²) in [6.45, 7) is 4.75. The molecule has 0 saturated heterocycles. The van der Waals surface area contributed by atoms with Gasteiger partial charge in [0.25, 0.3) is 6.47 Å². The predicted molar refractivity (Wildman–Crippen MR) is 77.9 cm³/mol. The highest BCUT2D eigenvalue weighted by Crippen LogP contribution is 2.33. The van der Waals surface area contributed by atoms with E-state index in [2.05, 4.69) is 13.8 Å². The average molecular weight is 270 g/mol. The second-order valence-electron chi connectivity index (χ2n) is 5.10. The smallest absolute Gasteiger partial charge is 0.298 e. The maximum absolute atomic E-state index is 10.3. The van der Waals surface area contributed by atoms with Crippen LogP contribution in [0.15, 0.2) is 48.5 Å². The minimum atomic E-state index is 0.237. The molecule has 1 unspecified atom stereocenters. The number of aromatic hydroxyl groups is 1. The van der Waals surface area contributed by atoms with Gasteiger partial charge in [0.05, 0.1) is 0 Å². The largest absolute Gasteiger partial charge is 0.508 e. The Morgan fingerprint density at radius 2 is 1.45 bits per heavy atom. The van der Waals surface area contributed by atoms with Crippen molar-refractivity contribution in [2.24, 2.45) is 5.92 Å². The number of rotatable bonds is 5. The molecule has 0 bridgehead atoms. The normalized spacial score (nSPS) is 12.2. The minimum absolute atomic E-state index is 0.237. The van der Waals surface area contributed by atoms with Gasteiger partial charge in [0, 0.05) is 5.92 Å². The van der Waals surface area contributed by atoms with Crippen molar-refractivity contribution in [1.82, 2.24) is 0 Å². The van der Waals surface area contributed by atoms with Gasteiger partial charge >= 0.3 is 0 Å². The molecule has 0 saturated carbocycles. The topological polar surface area (TPSA) is 46.5 Å². The van der Waals surface area contributed by atoms with Crippen LogP contribution in [0.2, 0.25) is 0 Å². The van der Waals surface area contributed by atoms with Gasteiger partial charge in [0.2, 0.25) is 0 Å². The van der Waals surface area contributed by atoms with E-state index in [9.17, 15) is 9.90 Å². The van der Waals surface area contributed by atoms with Crippen molar-refractivity contribution in [3.05, 3.63) is 59.7 Å². The molecule has 3 nitrogen and oxygen atoms in total. The van der Waals surface area contributed by atoms with Crippen molar-refractivity contribution in [1.29, 1.82) is 0 Å². The molecule has 2 aromatic carbocycles. The van der Waals surface area contributed by atoms with Gasteiger partial charge in [-0.05, 0) is 41.3 Å². The van der Waals surface area contributed by atoms with Gasteiger partial charge in [-0.1, -0.05) is 38.1 Å². The summed E-state index contributed by atoms with van der Waals surface area (Å²) in [5, 5.41) is 9.39. The van der Waals surface area contributed by atoms with Crippen molar-refractivity contribution in [3.8, 4) is 11.5 Å². The standard InChI is InChI=1S/C17H18O3/c1-12(2)17(13-3-7-15(19)8-4-13)14-5-9-16(10-6-14)20-11-18/h3-12,17,19H,1-2H3. The van der Waals surface area contributed by atoms with Crippen molar-refractivity contribution in [2.45, 2.75) is 19.8 Å². The molecule has 3 heteroatoms. The Morgan fingerprint density at radius 1 is 0.950 bits per heavy atom. The molecule has 0 aliphatic heterocycles. The van der Waals surface area contributed by atoms with Gasteiger partial charge < -0.3 is 9.84 Å². The number of ether oxygens (including phenoxy) is 1. The summed E-state index contributed by atoms with van der Waals surface area (Å²) in [6, 6.07) is 14.8. The van der Waals surface area contributed by atoms with Crippen LogP contribution in [0.25, 0.3) is 0 Å². The van der Waals surface area contributed by atoms with Crippen LogP contribution in [0.3, 0.4) is 0 Å². The number of carbonyl (C=O) groups excluding carboxylic acids is 1. The van der Waals surface area contributed by atoms with Gasteiger partial charge in [-0.2, -0.15) is 0 Å². The molecule has 0 spiro atoms. The van der Waals surface area contributed by atoms with Gasteiger partial charge in [0.15, 0.2) is 0 Å². The molecule has 0 aliphatic carbocycles. The molecule has 1 N–H and O–H groups in total. The second kappa shape index (κ2) is 6.24. The van der Waals surface area contributed by atoms with E-state index >= 15 is 0 Å². The van der Waals surface area contributed by atoms with Crippen molar-refractivity contribution >= 4 is 6.47 Å². The Hall–Kier alpha value is -2.29. The van der Waals surface area contributed by atoms with Crippen molar-refractivity contribution < 1.29 is 14.6 Å². The van der Waals surface area contributed by atoms with E-state index in [1.54, 1.807) is 24.3 Å². The summed E-state index contributed by atoms with van der Waals surface area (Å²) in [7, 11) is 0. The van der Waals surface area contributed by atoms with Crippen LogP contribution in [0, 0.1) is 5.92 Å². The monoisotopic (exact) mass is 270 g/mol. The van der Waals surface area contributed by atoms with Crippen LogP contribution < -0.4 is 4.74 Å². The molecule has 0 radical (unpaired) electrons. The van der Waals surface area contributed by atoms with Crippen molar-refractivity contribution in [2.75, 3.05) is 0 Å². The van der Waals surface area contributed by atoms with Gasteiger partial charge in [0.1, 0.15) is 11.5 Å². The third-order valence-electron chi connectivity index (χ3n) is 3.34. The number of hydrogen-bond donors (Lipinski definition) is 1. The van der Waals surface area contributed by atoms with E-state index < -0.39 is 0 Å². The Labute approximate surface area is 118 Å². The van der Waals surface area contributed by atoms with E-state index in [1.165, 1.54) is 0 Å². The van der Waals surface area contributed by atoms with Crippen LogP contribution in [-0.4, -0.2) is 11.6 Å². The molecule has 2 aromatic rings. The summed E-state index contributed by atoms with van der Waals surface area (Å²) in [5.41, 5.74) is 2.31. The molecule has 0 fully saturated rings. The van der Waals surface area contributed by atoms with E-state index in [0.29, 0.717) is 18.1 Å². The first-order valence-electron chi connectivity index (χ1n) is 6.61. The first kappa shape index (κ1) is 14.1. The SMILES string of the molecule is CC(C)C(c1ccc(O)cc1)c1ccc(OC=O)cc1. The minimum Gasteiger partial charge on any atom is -0.508 e. The molecule has 0 amide bonds. The Morgan fingerprint density at radius 3 is 1.90 bits per heavy atom. The Bertz CT molecular complexity index is 556. The molecule has 104 valence electrons. The van der Waals surface area contributed by atoms with E-state index in [0.717, 1.165) is 11.1 Å². The highest BCUT2D eigenvalue weighted by molar-refractivity contribution is 5.46. The van der Waals surface area contributed by atoms with Gasteiger partial charge in [-0.3, -0.25) is 4.79 Å². The van der Waals surface area contributed by atoms with Crippen LogP contribution in [0.1, 0.15) is 30.9 Å². The highest BCUT2D eigenvalue weighted by Gasteiger charge is 2.18. The van der Waals surface area contributed by atoms with E-state index in [-0.39, 0.29) is 11.7 Å². The quantitative estimate of drug-likeness (QED) is 0.842. The molecule has 0 aromatic heterocycles. The maximum atomic E-state index is 10.3. The lowest BCUT2D eigenvalue weighted by atomic mass is 9.82. The first-order chi connectivity index (χ1) is 9.61. The summed E-state index contributed by atoms with van der Waals surface area (Å²) in [6.07, 6.45) is 0. The molecular weight excluding hydrogens is 252 g/mol. The van der Waals surface area contributed by atoms with Gasteiger partial charge in [-0.15, -0.1) is 0 Å². The third kappa shape index (κ3) is 3.18. The average Bonchev–Trinajstić information content (AvgIpc) is 2.43. The predicted octanol–water partition coefficient (Wildman–Crippen LogP) is 3.72. The summed E-state index contributed by atoms with van der Waals surface area (Å²) in [4.78, 5) is 10.3. The van der Waals surface area contributed by atoms with Gasteiger partial charge in [-0.25, -0.2) is 0 Å². The molecular formula is C17H18O3. The molecule has 0 heterocycles. The fourth-order valence-corrected chi connectivity index (χ4v) is 2.45. The van der Waals surface area contributed by atoms with Crippen LogP contribution in [0.4, 0.5) is 0 Å². The lowest BCUT2D eigenvalue weighted by molar-refractivity contribution is -0.120. The highest BCUT2D eigenvalue weighted by atomic mass is 16.5. The fraction of sp³-hybridized carbons (Fsp3) is 0.235. The van der Waals surface area contributed by atoms with Crippen LogP contribution >= 0.6 is 0 Å². The second-order valence-corrected chi connectivity index (χ2v) is 5.10. The zero-order valence-electron chi connectivity index (χ0n) is 11.6. The lowest BCUT2D eigenvalue weighted by Crippen LogP contribution is -2.08. The zero-order valence-corrected chi connectivity index (χ0v) is 11.6. The summed E-state index contributed by atoms with van der Waals surface area (Å²) >= 11 is 0. The van der Waals surface area contributed by atoms with Crippen molar-refractivity contribution in [3.63, 3.8) is 0 Å². The zero-order chi connectivity index (χ0) is 14.5. The molecule has 1 atom stereocenters. The summed E-state index contributed by atoms with van der Waals surface area (Å²) in [5.74, 6) is 1.46. The Balaban J connectivity index is 2.33.